The molecule has 0 spiro atoms. The van der Waals surface area contributed by atoms with Gasteiger partial charge in [0.1, 0.15) is 6.61 Å². The first-order valence-corrected chi connectivity index (χ1v) is 14.2. The van der Waals surface area contributed by atoms with E-state index in [2.05, 4.69) is 79.2 Å². The van der Waals surface area contributed by atoms with Crippen LogP contribution in [0, 0.1) is 5.41 Å². The van der Waals surface area contributed by atoms with Crippen molar-refractivity contribution in [2.24, 2.45) is 5.41 Å². The second-order valence-corrected chi connectivity index (χ2v) is 11.9. The maximum Gasteiger partial charge on any atom is 0.409 e. The Balaban J connectivity index is 1.25. The summed E-state index contributed by atoms with van der Waals surface area (Å²) in [6, 6.07) is 28.7. The molecule has 1 fully saturated rings. The van der Waals surface area contributed by atoms with Crippen LogP contribution in [-0.4, -0.2) is 51.2 Å². The number of fused-ring (bicyclic) bond motifs is 1. The number of amides is 1. The lowest BCUT2D eigenvalue weighted by atomic mass is 9.85. The molecule has 0 aliphatic carbocycles. The summed E-state index contributed by atoms with van der Waals surface area (Å²) in [5, 5.41) is 0. The third kappa shape index (κ3) is 6.48. The molecule has 1 aliphatic heterocycles. The molecule has 4 aromatic rings. The third-order valence-electron chi connectivity index (χ3n) is 7.97. The summed E-state index contributed by atoms with van der Waals surface area (Å²) in [6.07, 6.45) is 1.15. The van der Waals surface area contributed by atoms with Gasteiger partial charge in [-0.1, -0.05) is 93.6 Å². The van der Waals surface area contributed by atoms with Crippen molar-refractivity contribution in [2.75, 3.05) is 19.7 Å². The second kappa shape index (κ2) is 12.1. The minimum absolute atomic E-state index is 0.0131. The Morgan fingerprint density at radius 2 is 1.45 bits per heavy atom. The zero-order valence-electron chi connectivity index (χ0n) is 23.8. The normalized spacial score (nSPS) is 15.4. The number of hydrogen-bond donors (Lipinski definition) is 1. The van der Waals surface area contributed by atoms with Crippen LogP contribution in [-0.2, 0) is 17.8 Å². The van der Waals surface area contributed by atoms with Gasteiger partial charge < -0.3 is 14.6 Å². The zero-order chi connectivity index (χ0) is 28.1. The highest BCUT2D eigenvalue weighted by molar-refractivity contribution is 5.75. The highest BCUT2D eigenvalue weighted by Gasteiger charge is 2.33. The summed E-state index contributed by atoms with van der Waals surface area (Å²) in [7, 11) is 0. The number of H-pyrrole nitrogens is 1. The Labute approximate surface area is 236 Å². The smallest absolute Gasteiger partial charge is 0.409 e. The summed E-state index contributed by atoms with van der Waals surface area (Å²) >= 11 is 0. The topological polar surface area (TPSA) is 70.6 Å². The van der Waals surface area contributed by atoms with Crippen molar-refractivity contribution in [1.29, 1.82) is 0 Å². The Morgan fingerprint density at radius 3 is 2.02 bits per heavy atom. The number of nitrogens with zero attached hydrogens (tertiary/aromatic N) is 3. The van der Waals surface area contributed by atoms with Gasteiger partial charge in [-0.15, -0.1) is 0 Å². The van der Waals surface area contributed by atoms with Gasteiger partial charge in [-0.05, 0) is 41.5 Å². The molecule has 1 aliphatic rings. The van der Waals surface area contributed by atoms with Gasteiger partial charge in [0.15, 0.2) is 0 Å². The first-order chi connectivity index (χ1) is 19.3. The molecule has 1 saturated heterocycles. The molecule has 7 heteroatoms. The van der Waals surface area contributed by atoms with Gasteiger partial charge >= 0.3 is 11.8 Å². The minimum Gasteiger partial charge on any atom is -0.448 e. The average molecular weight is 541 g/mol. The summed E-state index contributed by atoms with van der Waals surface area (Å²) in [5.41, 5.74) is 4.01. The molecule has 0 radical (unpaired) electrons. The molecule has 0 bridgehead atoms. The summed E-state index contributed by atoms with van der Waals surface area (Å²) in [5.74, 6) is 0. The SMILES string of the molecule is CC(C)(C)C(COC(=O)N1CCC(n2c(=O)[nH]c3ccccc32)CC1)N(Cc1ccccc1)Cc1ccccc1. The number of aromatic amines is 1. The first-order valence-electron chi connectivity index (χ1n) is 14.2. The third-order valence-corrected chi connectivity index (χ3v) is 7.97. The number of rotatable bonds is 8. The predicted octanol–water partition coefficient (Wildman–Crippen LogP) is 6.22. The molecule has 1 aromatic heterocycles. The van der Waals surface area contributed by atoms with Crippen LogP contribution in [0.3, 0.4) is 0 Å². The maximum atomic E-state index is 13.3. The average Bonchev–Trinajstić information content (AvgIpc) is 3.29. The van der Waals surface area contributed by atoms with E-state index in [0.29, 0.717) is 32.5 Å². The number of aromatic nitrogens is 2. The Bertz CT molecular complexity index is 1410. The van der Waals surface area contributed by atoms with Crippen molar-refractivity contribution in [3.8, 4) is 0 Å². The van der Waals surface area contributed by atoms with E-state index in [-0.39, 0.29) is 29.3 Å². The molecule has 0 saturated carbocycles. The number of ether oxygens (including phenoxy) is 1. The van der Waals surface area contributed by atoms with Gasteiger partial charge in [-0.25, -0.2) is 9.59 Å². The Hall–Kier alpha value is -3.84. The van der Waals surface area contributed by atoms with Gasteiger partial charge in [0.25, 0.3) is 0 Å². The van der Waals surface area contributed by atoms with Gasteiger partial charge in [-0.2, -0.15) is 0 Å². The number of carbonyl (C=O) groups is 1. The number of para-hydroxylation sites is 2. The predicted molar refractivity (Wildman–Crippen MR) is 159 cm³/mol. The molecule has 3 aromatic carbocycles. The van der Waals surface area contributed by atoms with Crippen LogP contribution in [0.25, 0.3) is 11.0 Å². The van der Waals surface area contributed by atoms with Crippen LogP contribution < -0.4 is 5.69 Å². The van der Waals surface area contributed by atoms with Crippen LogP contribution in [0.5, 0.6) is 0 Å². The van der Waals surface area contributed by atoms with E-state index < -0.39 is 0 Å². The lowest BCUT2D eigenvalue weighted by molar-refractivity contribution is 0.0118. The molecule has 5 rings (SSSR count). The number of benzene rings is 3. The van der Waals surface area contributed by atoms with E-state index in [9.17, 15) is 9.59 Å². The van der Waals surface area contributed by atoms with E-state index in [4.69, 9.17) is 4.74 Å². The Morgan fingerprint density at radius 1 is 0.900 bits per heavy atom. The van der Waals surface area contributed by atoms with E-state index in [1.807, 2.05) is 41.0 Å². The van der Waals surface area contributed by atoms with E-state index in [1.54, 1.807) is 4.90 Å². The number of hydrogen-bond acceptors (Lipinski definition) is 4. The van der Waals surface area contributed by atoms with Crippen LogP contribution in [0.15, 0.2) is 89.7 Å². The zero-order valence-corrected chi connectivity index (χ0v) is 23.8. The molecular formula is C33H40N4O3. The van der Waals surface area contributed by atoms with Crippen LogP contribution >= 0.6 is 0 Å². The molecule has 1 amide bonds. The van der Waals surface area contributed by atoms with Crippen molar-refractivity contribution in [3.63, 3.8) is 0 Å². The molecule has 40 heavy (non-hydrogen) atoms. The fraction of sp³-hybridized carbons (Fsp3) is 0.394. The molecule has 1 atom stereocenters. The van der Waals surface area contributed by atoms with Crippen LogP contribution in [0.1, 0.15) is 50.8 Å². The molecule has 2 heterocycles. The standard InChI is InChI=1S/C33H40N4O3/c1-33(2,3)30(36(22-25-12-6-4-7-13-25)23-26-14-8-5-9-15-26)24-40-32(39)35-20-18-27(19-21-35)37-29-17-11-10-16-28(29)34-31(37)38/h4-17,27,30H,18-24H2,1-3H3,(H,34,38). The minimum atomic E-state index is -0.279. The van der Waals surface area contributed by atoms with Crippen LogP contribution in [0.4, 0.5) is 4.79 Å². The van der Waals surface area contributed by atoms with Gasteiger partial charge in [0.05, 0.1) is 11.0 Å². The van der Waals surface area contributed by atoms with E-state index >= 15 is 0 Å². The van der Waals surface area contributed by atoms with E-state index in [0.717, 1.165) is 24.1 Å². The quantitative estimate of drug-likeness (QED) is 0.288. The monoisotopic (exact) mass is 540 g/mol. The lowest BCUT2D eigenvalue weighted by Crippen LogP contribution is -2.48. The van der Waals surface area contributed by atoms with Crippen molar-refractivity contribution < 1.29 is 9.53 Å². The molecule has 7 nitrogen and oxygen atoms in total. The fourth-order valence-corrected chi connectivity index (χ4v) is 5.80. The summed E-state index contributed by atoms with van der Waals surface area (Å²) in [6.45, 7) is 9.58. The van der Waals surface area contributed by atoms with Crippen molar-refractivity contribution in [3.05, 3.63) is 107 Å². The highest BCUT2D eigenvalue weighted by Crippen LogP contribution is 2.29. The highest BCUT2D eigenvalue weighted by atomic mass is 16.6. The molecule has 1 unspecified atom stereocenters. The van der Waals surface area contributed by atoms with Crippen molar-refractivity contribution in [1.82, 2.24) is 19.4 Å². The summed E-state index contributed by atoms with van der Waals surface area (Å²) in [4.78, 5) is 33.1. The summed E-state index contributed by atoms with van der Waals surface area (Å²) < 4.78 is 7.86. The second-order valence-electron chi connectivity index (χ2n) is 11.9. The molecule has 210 valence electrons. The number of likely N-dealkylation sites (tertiary alicyclic amines) is 1. The number of nitrogens with one attached hydrogen (secondary N) is 1. The Kier molecular flexibility index (Phi) is 8.40. The lowest BCUT2D eigenvalue weighted by Gasteiger charge is -2.40. The number of carbonyl (C=O) groups excluding carboxylic acids is 1. The van der Waals surface area contributed by atoms with Gasteiger partial charge in [-0.3, -0.25) is 9.47 Å². The largest absolute Gasteiger partial charge is 0.448 e. The molecule has 1 N–H and O–H groups in total. The van der Waals surface area contributed by atoms with Crippen molar-refractivity contribution in [2.45, 2.75) is 58.8 Å². The number of piperidine rings is 1. The van der Waals surface area contributed by atoms with Gasteiger partial charge in [0.2, 0.25) is 0 Å². The van der Waals surface area contributed by atoms with Gasteiger partial charge in [0, 0.05) is 38.3 Å². The number of imidazole rings is 1. The maximum absolute atomic E-state index is 13.3. The first kappa shape index (κ1) is 27.7. The van der Waals surface area contributed by atoms with Crippen molar-refractivity contribution >= 4 is 17.1 Å². The molecular weight excluding hydrogens is 500 g/mol. The van der Waals surface area contributed by atoms with Crippen LogP contribution in [0.2, 0.25) is 0 Å². The van der Waals surface area contributed by atoms with E-state index in [1.165, 1.54) is 11.1 Å². The fourth-order valence-electron chi connectivity index (χ4n) is 5.80.